The van der Waals surface area contributed by atoms with E-state index in [1.807, 2.05) is 50.2 Å². The number of aliphatic imine (C=N–C) groups is 2. The van der Waals surface area contributed by atoms with E-state index >= 15 is 0 Å². The molecule has 2 atom stereocenters. The van der Waals surface area contributed by atoms with Crippen LogP contribution in [0, 0.1) is 11.8 Å². The number of nitrogens with zero attached hydrogens (tertiary/aromatic N) is 6. The molecule has 9 rings (SSSR count). The summed E-state index contributed by atoms with van der Waals surface area (Å²) in [7, 11) is 1.63. The van der Waals surface area contributed by atoms with E-state index in [2.05, 4.69) is 52.9 Å². The minimum absolute atomic E-state index is 0.108. The van der Waals surface area contributed by atoms with Crippen molar-refractivity contribution >= 4 is 28.0 Å². The first-order valence-electron chi connectivity index (χ1n) is 16.3. The van der Waals surface area contributed by atoms with Crippen molar-refractivity contribution in [2.45, 2.75) is 30.5 Å². The fraction of sp³-hybridized carbons (Fsp3) is 0.211. The highest BCUT2D eigenvalue weighted by Crippen LogP contribution is 2.52. The Morgan fingerprint density at radius 2 is 1.42 bits per heavy atom. The maximum absolute atomic E-state index is 9.80. The number of fused-ring (bicyclic) bond motifs is 8. The summed E-state index contributed by atoms with van der Waals surface area (Å²) < 4.78 is 29.2. The summed E-state index contributed by atoms with van der Waals surface area (Å²) in [6, 6.07) is 16.7. The Labute approximate surface area is 312 Å². The van der Waals surface area contributed by atoms with Crippen molar-refractivity contribution in [3.8, 4) is 52.0 Å². The topological polar surface area (TPSA) is 195 Å². The Balaban J connectivity index is 0.000000164. The number of phenolic OH excluding ortho intramolecular Hbond substituents is 1. The molecule has 14 nitrogen and oxygen atoms in total. The SMILES string of the molecule is COC(C)(C)C#Cc1cnc2c(c1)[C@@]1(COC(N)=N1)c1cc(-c3ccnnc3)ccc1O2.NC1=N[C@]2(CO1)c1cc(O)ccc1Oc1ncc(Br)cc12. The van der Waals surface area contributed by atoms with Crippen LogP contribution in [0.15, 0.2) is 93.8 Å². The van der Waals surface area contributed by atoms with Crippen LogP contribution in [-0.2, 0) is 25.3 Å². The molecule has 0 amide bonds. The highest BCUT2D eigenvalue weighted by Gasteiger charge is 2.49. The molecule has 53 heavy (non-hydrogen) atoms. The third kappa shape index (κ3) is 6.01. The molecular weight excluding hydrogens is 744 g/mol. The van der Waals surface area contributed by atoms with Gasteiger partial charge in [0.2, 0.25) is 11.8 Å². The van der Waals surface area contributed by atoms with Gasteiger partial charge in [-0.15, -0.1) is 0 Å². The summed E-state index contributed by atoms with van der Waals surface area (Å²) in [5.74, 6) is 8.52. The van der Waals surface area contributed by atoms with Crippen LogP contribution in [0.1, 0.15) is 41.7 Å². The lowest BCUT2D eigenvalue weighted by atomic mass is 9.81. The van der Waals surface area contributed by atoms with E-state index in [1.54, 1.807) is 50.1 Å². The molecular formula is C38H31BrN8O6. The van der Waals surface area contributed by atoms with Crippen molar-refractivity contribution in [2.75, 3.05) is 20.3 Å². The van der Waals surface area contributed by atoms with Crippen LogP contribution in [0.3, 0.4) is 0 Å². The fourth-order valence-corrected chi connectivity index (χ4v) is 6.73. The molecule has 5 N–H and O–H groups in total. The number of hydrogen-bond donors (Lipinski definition) is 3. The van der Waals surface area contributed by atoms with E-state index in [0.717, 1.165) is 37.9 Å². The average Bonchev–Trinajstić information content (AvgIpc) is 3.75. The molecule has 5 aromatic rings. The Morgan fingerprint density at radius 3 is 2.04 bits per heavy atom. The van der Waals surface area contributed by atoms with Gasteiger partial charge in [-0.2, -0.15) is 10.2 Å². The summed E-state index contributed by atoms with van der Waals surface area (Å²) in [6.45, 7) is 4.28. The summed E-state index contributed by atoms with van der Waals surface area (Å²) in [5, 5.41) is 17.6. The number of amidine groups is 2. The summed E-state index contributed by atoms with van der Waals surface area (Å²) >= 11 is 3.40. The van der Waals surface area contributed by atoms with Crippen molar-refractivity contribution in [1.29, 1.82) is 0 Å². The zero-order chi connectivity index (χ0) is 37.0. The largest absolute Gasteiger partial charge is 0.508 e. The number of aromatic hydroxyl groups is 1. The van der Waals surface area contributed by atoms with Gasteiger partial charge in [0.05, 0.1) is 23.5 Å². The van der Waals surface area contributed by atoms with Gasteiger partial charge < -0.3 is 40.3 Å². The molecule has 15 heteroatoms. The molecule has 7 heterocycles. The third-order valence-corrected chi connectivity index (χ3v) is 9.64. The average molecular weight is 776 g/mol. The maximum atomic E-state index is 9.80. The van der Waals surface area contributed by atoms with Crippen LogP contribution in [0.5, 0.6) is 29.0 Å². The highest BCUT2D eigenvalue weighted by atomic mass is 79.9. The zero-order valence-corrected chi connectivity index (χ0v) is 30.2. The van der Waals surface area contributed by atoms with Gasteiger partial charge in [-0.05, 0) is 83.9 Å². The summed E-state index contributed by atoms with van der Waals surface area (Å²) in [4.78, 5) is 18.0. The Hall–Kier alpha value is -6.24. The Morgan fingerprint density at radius 1 is 0.774 bits per heavy atom. The predicted octanol–water partition coefficient (Wildman–Crippen LogP) is 5.25. The first kappa shape index (κ1) is 33.9. The smallest absolute Gasteiger partial charge is 0.283 e. The first-order chi connectivity index (χ1) is 25.5. The monoisotopic (exact) mass is 774 g/mol. The van der Waals surface area contributed by atoms with Gasteiger partial charge >= 0.3 is 0 Å². The molecule has 4 aliphatic rings. The van der Waals surface area contributed by atoms with E-state index < -0.39 is 16.7 Å². The number of phenols is 1. The minimum Gasteiger partial charge on any atom is -0.508 e. The van der Waals surface area contributed by atoms with Crippen molar-refractivity contribution in [1.82, 2.24) is 20.2 Å². The standard InChI is InChI=1S/C24H21N5O3.C14H10BrN3O3/c1-23(2,30-3)8-6-15-10-19-21(26-12-15)32-20-5-4-16(17-7-9-27-28-13-17)11-18(20)24(19)14-31-22(25)29-24;15-7-3-10-12(17-5-7)21-11-2-1-8(19)4-9(11)14(10)6-20-13(16)18-14/h4-5,7,9-13H,14H2,1-3H3,(H2,25,29);1-5,19H,6H2,(H2,16,18)/t24-;14-/m11/s1. The molecule has 0 bridgehead atoms. The van der Waals surface area contributed by atoms with Crippen molar-refractivity contribution in [3.05, 3.63) is 112 Å². The van der Waals surface area contributed by atoms with E-state index in [9.17, 15) is 5.11 Å². The molecule has 0 unspecified atom stereocenters. The number of pyridine rings is 2. The number of nitrogens with two attached hydrogens (primary N) is 2. The molecule has 0 saturated heterocycles. The molecule has 0 fully saturated rings. The number of benzene rings is 2. The quantitative estimate of drug-likeness (QED) is 0.198. The molecule has 3 aromatic heterocycles. The lowest BCUT2D eigenvalue weighted by molar-refractivity contribution is 0.0741. The molecule has 0 saturated carbocycles. The van der Waals surface area contributed by atoms with Crippen molar-refractivity contribution in [3.63, 3.8) is 0 Å². The molecule has 266 valence electrons. The van der Waals surface area contributed by atoms with Crippen LogP contribution in [-0.4, -0.2) is 63.2 Å². The van der Waals surface area contributed by atoms with E-state index in [1.165, 1.54) is 0 Å². The third-order valence-electron chi connectivity index (χ3n) is 9.20. The maximum Gasteiger partial charge on any atom is 0.283 e. The molecule has 0 aliphatic carbocycles. The van der Waals surface area contributed by atoms with Gasteiger partial charge in [-0.1, -0.05) is 17.9 Å². The first-order valence-corrected chi connectivity index (χ1v) is 17.1. The number of methoxy groups -OCH3 is 1. The second kappa shape index (κ2) is 12.8. The number of ether oxygens (including phenoxy) is 5. The normalized spacial score (nSPS) is 19.9. The number of hydrogen-bond acceptors (Lipinski definition) is 14. The minimum atomic E-state index is -0.884. The van der Waals surface area contributed by atoms with E-state index in [4.69, 9.17) is 40.1 Å². The van der Waals surface area contributed by atoms with Crippen molar-refractivity contribution in [2.24, 2.45) is 21.5 Å². The van der Waals surface area contributed by atoms with Gasteiger partial charge in [0, 0.05) is 46.2 Å². The van der Waals surface area contributed by atoms with Crippen LogP contribution in [0.4, 0.5) is 0 Å². The Kier molecular flexibility index (Phi) is 8.16. The Bertz CT molecular complexity index is 2360. The second-order valence-electron chi connectivity index (χ2n) is 13.0. The number of halogens is 1. The van der Waals surface area contributed by atoms with Gasteiger partial charge in [-0.3, -0.25) is 0 Å². The van der Waals surface area contributed by atoms with E-state index in [0.29, 0.717) is 28.8 Å². The van der Waals surface area contributed by atoms with Crippen LogP contribution >= 0.6 is 15.9 Å². The van der Waals surface area contributed by atoms with Gasteiger partial charge in [0.25, 0.3) is 12.0 Å². The zero-order valence-electron chi connectivity index (χ0n) is 28.6. The lowest BCUT2D eigenvalue weighted by Gasteiger charge is -2.33. The second-order valence-corrected chi connectivity index (χ2v) is 13.9. The van der Waals surface area contributed by atoms with Gasteiger partial charge in [-0.25, -0.2) is 20.0 Å². The van der Waals surface area contributed by atoms with Crippen LogP contribution in [0.25, 0.3) is 11.1 Å². The van der Waals surface area contributed by atoms with Gasteiger partial charge in [0.1, 0.15) is 36.1 Å². The number of rotatable bonds is 2. The predicted molar refractivity (Wildman–Crippen MR) is 197 cm³/mol. The lowest BCUT2D eigenvalue weighted by Crippen LogP contribution is -2.31. The van der Waals surface area contributed by atoms with E-state index in [-0.39, 0.29) is 31.0 Å². The highest BCUT2D eigenvalue weighted by molar-refractivity contribution is 9.10. The summed E-state index contributed by atoms with van der Waals surface area (Å²) in [6.07, 6.45) is 6.69. The molecule has 2 spiro atoms. The molecule has 0 radical (unpaired) electrons. The molecule has 4 aliphatic heterocycles. The summed E-state index contributed by atoms with van der Waals surface area (Å²) in [5.41, 5.74) is 15.0. The number of aromatic nitrogens is 4. The van der Waals surface area contributed by atoms with Gasteiger partial charge in [0.15, 0.2) is 11.1 Å². The van der Waals surface area contributed by atoms with Crippen molar-refractivity contribution < 1.29 is 28.8 Å². The molecule has 2 aromatic carbocycles. The van der Waals surface area contributed by atoms with Crippen LogP contribution in [0.2, 0.25) is 0 Å². The van der Waals surface area contributed by atoms with Crippen LogP contribution < -0.4 is 20.9 Å². The fourth-order valence-electron chi connectivity index (χ4n) is 6.40.